The summed E-state index contributed by atoms with van der Waals surface area (Å²) in [5.41, 5.74) is 5.04. The third-order valence-electron chi connectivity index (χ3n) is 8.33. The van der Waals surface area contributed by atoms with Gasteiger partial charge in [-0.25, -0.2) is 14.4 Å². The van der Waals surface area contributed by atoms with Crippen LogP contribution in [0.4, 0.5) is 4.39 Å². The van der Waals surface area contributed by atoms with E-state index in [0.29, 0.717) is 51.9 Å². The van der Waals surface area contributed by atoms with Crippen LogP contribution in [0.25, 0.3) is 11.2 Å². The Morgan fingerprint density at radius 1 is 1.26 bits per heavy atom. The molecule has 2 atom stereocenters. The standard InChI is InChI=1S/C31H34ClFN6O4/c1-18(41-3)16-39-27(36-25-13-20(29(34)37-40)15-35-30(25)39)17-38-11-9-19(10-12-38)22-5-4-6-26-28(22)43-31(2,42-26)23-8-7-21(32)14-24(23)33/h4-8,13-15,18-19,40H,9-12,16-17H2,1-3H3,(H2,34,37)/t18?,31-/m0/s1. The van der Waals surface area contributed by atoms with E-state index in [1.165, 1.54) is 6.07 Å². The molecule has 2 aliphatic heterocycles. The molecule has 2 aliphatic rings. The average molecular weight is 609 g/mol. The summed E-state index contributed by atoms with van der Waals surface area (Å²) in [7, 11) is 1.68. The maximum absolute atomic E-state index is 14.8. The number of nitrogens with one attached hydrogen (secondary N) is 2. The van der Waals surface area contributed by atoms with Gasteiger partial charge in [-0.3, -0.25) is 21.0 Å². The average Bonchev–Trinajstić information content (AvgIpc) is 3.53. The molecule has 1 fully saturated rings. The van der Waals surface area contributed by atoms with Crippen molar-refractivity contribution in [1.82, 2.24) is 24.9 Å². The lowest BCUT2D eigenvalue weighted by Gasteiger charge is -2.32. The summed E-state index contributed by atoms with van der Waals surface area (Å²) in [6, 6.07) is 12.1. The number of hydrogen-bond acceptors (Lipinski definition) is 8. The smallest absolute Gasteiger partial charge is 0.278 e. The van der Waals surface area contributed by atoms with Crippen molar-refractivity contribution in [2.75, 3.05) is 20.2 Å². The van der Waals surface area contributed by atoms with Gasteiger partial charge in [0.2, 0.25) is 0 Å². The number of para-hydroxylation sites is 1. The summed E-state index contributed by atoms with van der Waals surface area (Å²) in [5, 5.41) is 17.4. The number of methoxy groups -OCH3 is 1. The summed E-state index contributed by atoms with van der Waals surface area (Å²) < 4.78 is 34.9. The third kappa shape index (κ3) is 5.65. The molecule has 4 heterocycles. The van der Waals surface area contributed by atoms with E-state index in [-0.39, 0.29) is 17.9 Å². The number of pyridine rings is 1. The molecule has 0 radical (unpaired) electrons. The first-order valence-electron chi connectivity index (χ1n) is 14.2. The summed E-state index contributed by atoms with van der Waals surface area (Å²) >= 11 is 5.97. The molecule has 3 N–H and O–H groups in total. The molecular weight excluding hydrogens is 575 g/mol. The number of fused-ring (bicyclic) bond motifs is 2. The number of benzene rings is 2. The molecule has 226 valence electrons. The Hall–Kier alpha value is -3.77. The third-order valence-corrected chi connectivity index (χ3v) is 8.57. The van der Waals surface area contributed by atoms with Crippen molar-refractivity contribution in [3.63, 3.8) is 0 Å². The molecule has 1 saturated heterocycles. The number of imidazole rings is 1. The van der Waals surface area contributed by atoms with Crippen LogP contribution < -0.4 is 15.0 Å². The lowest BCUT2D eigenvalue weighted by molar-refractivity contribution is -0.0712. The van der Waals surface area contributed by atoms with Gasteiger partial charge in [0.05, 0.1) is 24.8 Å². The number of nitrogens with zero attached hydrogens (tertiary/aromatic N) is 4. The lowest BCUT2D eigenvalue weighted by atomic mass is 9.88. The molecule has 6 rings (SSSR count). The van der Waals surface area contributed by atoms with Crippen molar-refractivity contribution < 1.29 is 23.8 Å². The second-order valence-corrected chi connectivity index (χ2v) is 11.7. The van der Waals surface area contributed by atoms with Gasteiger partial charge in [-0.1, -0.05) is 23.7 Å². The number of aromatic nitrogens is 3. The minimum absolute atomic E-state index is 0.0461. The molecule has 10 nitrogen and oxygen atoms in total. The topological polar surface area (TPSA) is 118 Å². The van der Waals surface area contributed by atoms with Gasteiger partial charge in [0.1, 0.15) is 17.2 Å². The van der Waals surface area contributed by atoms with E-state index in [1.807, 2.05) is 24.5 Å². The Balaban J connectivity index is 1.19. The Bertz CT molecular complexity index is 1670. The van der Waals surface area contributed by atoms with Gasteiger partial charge in [-0.15, -0.1) is 0 Å². The van der Waals surface area contributed by atoms with Crippen LogP contribution in [-0.2, 0) is 23.6 Å². The first-order chi connectivity index (χ1) is 20.7. The van der Waals surface area contributed by atoms with Crippen molar-refractivity contribution >= 4 is 28.6 Å². The van der Waals surface area contributed by atoms with Gasteiger partial charge in [0.15, 0.2) is 23.0 Å². The van der Waals surface area contributed by atoms with Crippen LogP contribution in [0.2, 0.25) is 5.02 Å². The normalized spacial score (nSPS) is 19.6. The number of piperidine rings is 1. The Morgan fingerprint density at radius 3 is 2.77 bits per heavy atom. The molecule has 43 heavy (non-hydrogen) atoms. The highest BCUT2D eigenvalue weighted by Crippen LogP contribution is 2.49. The second-order valence-electron chi connectivity index (χ2n) is 11.2. The Kier molecular flexibility index (Phi) is 7.99. The Morgan fingerprint density at radius 2 is 2.05 bits per heavy atom. The lowest BCUT2D eigenvalue weighted by Crippen LogP contribution is -2.34. The molecule has 0 saturated carbocycles. The fraction of sp³-hybridized carbons (Fsp3) is 0.387. The molecular formula is C31H34ClFN6O4. The van der Waals surface area contributed by atoms with Crippen LogP contribution in [0.3, 0.4) is 0 Å². The molecule has 4 aromatic rings. The summed E-state index contributed by atoms with van der Waals surface area (Å²) in [6.45, 7) is 6.63. The van der Waals surface area contributed by atoms with Crippen LogP contribution in [0, 0.1) is 11.2 Å². The zero-order chi connectivity index (χ0) is 30.3. The highest BCUT2D eigenvalue weighted by Gasteiger charge is 2.43. The van der Waals surface area contributed by atoms with Gasteiger partial charge >= 0.3 is 0 Å². The molecule has 0 amide bonds. The van der Waals surface area contributed by atoms with E-state index in [1.54, 1.807) is 38.4 Å². The number of hydroxylamine groups is 1. The maximum atomic E-state index is 14.8. The van der Waals surface area contributed by atoms with Gasteiger partial charge in [0, 0.05) is 36.4 Å². The van der Waals surface area contributed by atoms with Gasteiger partial charge < -0.3 is 18.8 Å². The summed E-state index contributed by atoms with van der Waals surface area (Å²) in [4.78, 5) is 11.8. The quantitative estimate of drug-likeness (QED) is 0.135. The van der Waals surface area contributed by atoms with E-state index < -0.39 is 11.6 Å². The molecule has 0 bridgehead atoms. The van der Waals surface area contributed by atoms with Gasteiger partial charge in [-0.2, -0.15) is 0 Å². The SMILES string of the molecule is COC(C)Cn1c(CN2CCC(c3cccc4c3O[C@@](C)(c3ccc(Cl)cc3F)O4)CC2)nc2cc(C(=N)NO)cnc21. The number of likely N-dealkylation sites (tertiary alicyclic amines) is 1. The van der Waals surface area contributed by atoms with Gasteiger partial charge in [0.25, 0.3) is 5.79 Å². The first kappa shape index (κ1) is 29.3. The highest BCUT2D eigenvalue weighted by atomic mass is 35.5. The van der Waals surface area contributed by atoms with Crippen molar-refractivity contribution in [2.45, 2.75) is 57.6 Å². The molecule has 2 aromatic heterocycles. The number of halogens is 2. The minimum atomic E-state index is -1.29. The maximum Gasteiger partial charge on any atom is 0.278 e. The van der Waals surface area contributed by atoms with Crippen LogP contribution >= 0.6 is 11.6 Å². The van der Waals surface area contributed by atoms with E-state index in [2.05, 4.69) is 20.5 Å². The first-order valence-corrected chi connectivity index (χ1v) is 14.6. The predicted molar refractivity (Wildman–Crippen MR) is 159 cm³/mol. The number of amidine groups is 1. The predicted octanol–water partition coefficient (Wildman–Crippen LogP) is 5.59. The van der Waals surface area contributed by atoms with E-state index in [0.717, 1.165) is 37.3 Å². The number of ether oxygens (including phenoxy) is 3. The highest BCUT2D eigenvalue weighted by molar-refractivity contribution is 6.30. The fourth-order valence-corrected chi connectivity index (χ4v) is 6.10. The van der Waals surface area contributed by atoms with Crippen LogP contribution in [0.5, 0.6) is 11.5 Å². The number of hydrogen-bond donors (Lipinski definition) is 3. The monoisotopic (exact) mass is 608 g/mol. The van der Waals surface area contributed by atoms with Crippen molar-refractivity contribution in [1.29, 1.82) is 5.41 Å². The second kappa shape index (κ2) is 11.7. The summed E-state index contributed by atoms with van der Waals surface area (Å²) in [5.74, 6) is 0.485. The van der Waals surface area contributed by atoms with E-state index in [9.17, 15) is 4.39 Å². The van der Waals surface area contributed by atoms with E-state index in [4.69, 9.17) is 41.4 Å². The van der Waals surface area contributed by atoms with Crippen LogP contribution in [0.15, 0.2) is 48.7 Å². The zero-order valence-electron chi connectivity index (χ0n) is 24.2. The molecule has 0 spiro atoms. The van der Waals surface area contributed by atoms with Crippen molar-refractivity contribution in [2.24, 2.45) is 0 Å². The Labute approximate surface area is 253 Å². The fourth-order valence-electron chi connectivity index (χ4n) is 5.94. The number of rotatable bonds is 8. The van der Waals surface area contributed by atoms with Crippen LogP contribution in [0.1, 0.15) is 55.1 Å². The molecule has 2 aromatic carbocycles. The van der Waals surface area contributed by atoms with Crippen molar-refractivity contribution in [3.05, 3.63) is 82.0 Å². The van der Waals surface area contributed by atoms with Crippen molar-refractivity contribution in [3.8, 4) is 11.5 Å². The van der Waals surface area contributed by atoms with Crippen LogP contribution in [-0.4, -0.2) is 56.8 Å². The minimum Gasteiger partial charge on any atom is -0.444 e. The summed E-state index contributed by atoms with van der Waals surface area (Å²) in [6.07, 6.45) is 3.31. The van der Waals surface area contributed by atoms with Gasteiger partial charge in [-0.05, 0) is 69.1 Å². The molecule has 12 heteroatoms. The largest absolute Gasteiger partial charge is 0.444 e. The van der Waals surface area contributed by atoms with E-state index >= 15 is 0 Å². The zero-order valence-corrected chi connectivity index (χ0v) is 25.0. The molecule has 1 unspecified atom stereocenters. The molecule has 0 aliphatic carbocycles.